The average Bonchev–Trinajstić information content (AvgIpc) is 2.82. The van der Waals surface area contributed by atoms with Crippen LogP contribution >= 0.6 is 0 Å². The van der Waals surface area contributed by atoms with Crippen LogP contribution in [0.5, 0.6) is 0 Å². The van der Waals surface area contributed by atoms with Gasteiger partial charge in [-0.15, -0.1) is 0 Å². The van der Waals surface area contributed by atoms with Crippen LogP contribution in [0.2, 0.25) is 0 Å². The van der Waals surface area contributed by atoms with Crippen molar-refractivity contribution in [2.75, 3.05) is 26.2 Å². The van der Waals surface area contributed by atoms with E-state index < -0.39 is 0 Å². The molecule has 4 heteroatoms. The summed E-state index contributed by atoms with van der Waals surface area (Å²) in [6.45, 7) is 2.45. The molecule has 0 saturated carbocycles. The van der Waals surface area contributed by atoms with Crippen LogP contribution in [-0.2, 0) is 25.7 Å². The van der Waals surface area contributed by atoms with Crippen molar-refractivity contribution in [1.82, 2.24) is 0 Å². The number of hydrogen-bond donors (Lipinski definition) is 4. The Morgan fingerprint density at radius 2 is 0.735 bits per heavy atom. The van der Waals surface area contributed by atoms with Crippen LogP contribution in [0.15, 0.2) is 60.7 Å². The molecule has 0 fully saturated rings. The highest BCUT2D eigenvalue weighted by Gasteiger charge is 2.01. The van der Waals surface area contributed by atoms with Gasteiger partial charge in [-0.25, -0.2) is 0 Å². The van der Waals surface area contributed by atoms with E-state index >= 15 is 0 Å². The van der Waals surface area contributed by atoms with Gasteiger partial charge in [0.05, 0.1) is 0 Å². The van der Waals surface area contributed by atoms with Gasteiger partial charge in [-0.3, -0.25) is 0 Å². The van der Waals surface area contributed by atoms with E-state index in [4.69, 9.17) is 22.9 Å². The molecule has 0 amide bonds. The lowest BCUT2D eigenvalue weighted by Gasteiger charge is -2.05. The molecule has 3 rings (SSSR count). The van der Waals surface area contributed by atoms with Crippen molar-refractivity contribution in [3.05, 3.63) is 105 Å². The van der Waals surface area contributed by atoms with Crippen molar-refractivity contribution in [2.24, 2.45) is 22.9 Å². The Morgan fingerprint density at radius 3 is 1.06 bits per heavy atom. The van der Waals surface area contributed by atoms with Gasteiger partial charge in [-0.1, -0.05) is 41.9 Å². The predicted molar refractivity (Wildman–Crippen MR) is 142 cm³/mol. The number of rotatable bonds is 8. The first-order chi connectivity index (χ1) is 16.6. The third kappa shape index (κ3) is 7.89. The molecule has 0 aliphatic rings. The summed E-state index contributed by atoms with van der Waals surface area (Å²) in [6, 6.07) is 20.8. The Labute approximate surface area is 203 Å². The topological polar surface area (TPSA) is 104 Å². The molecule has 0 spiro atoms. The molecule has 0 aliphatic carbocycles. The SMILES string of the molecule is NCCc1cc(C#Cc2cccc(C#Cc3cc(CCN)cc(CCN)c3)c2)cc(CCN)c1. The monoisotopic (exact) mass is 450 g/mol. The smallest absolute Gasteiger partial charge is 0.0261 e. The molecule has 0 saturated heterocycles. The van der Waals surface area contributed by atoms with E-state index in [0.717, 1.165) is 47.9 Å². The Kier molecular flexibility index (Phi) is 9.92. The Balaban J connectivity index is 1.84. The Morgan fingerprint density at radius 1 is 0.412 bits per heavy atom. The molecule has 3 aromatic rings. The first kappa shape index (κ1) is 25.2. The van der Waals surface area contributed by atoms with E-state index in [2.05, 4.69) is 60.1 Å². The molecule has 0 aliphatic heterocycles. The summed E-state index contributed by atoms with van der Waals surface area (Å²) in [5.74, 6) is 13.2. The molecule has 0 aromatic heterocycles. The van der Waals surface area contributed by atoms with Crippen LogP contribution < -0.4 is 22.9 Å². The minimum absolute atomic E-state index is 0.614. The first-order valence-corrected chi connectivity index (χ1v) is 11.8. The minimum atomic E-state index is 0.614. The van der Waals surface area contributed by atoms with E-state index in [1.807, 2.05) is 24.3 Å². The summed E-state index contributed by atoms with van der Waals surface area (Å²) in [5.41, 5.74) is 31.6. The van der Waals surface area contributed by atoms with E-state index in [1.165, 1.54) is 22.3 Å². The summed E-state index contributed by atoms with van der Waals surface area (Å²) in [5, 5.41) is 0. The summed E-state index contributed by atoms with van der Waals surface area (Å²) in [4.78, 5) is 0. The van der Waals surface area contributed by atoms with Crippen LogP contribution in [0, 0.1) is 23.7 Å². The lowest BCUT2D eigenvalue weighted by atomic mass is 10.0. The summed E-state index contributed by atoms with van der Waals surface area (Å²) in [7, 11) is 0. The largest absolute Gasteiger partial charge is 0.330 e. The van der Waals surface area contributed by atoms with E-state index in [-0.39, 0.29) is 0 Å². The average molecular weight is 451 g/mol. The highest BCUT2D eigenvalue weighted by molar-refractivity contribution is 5.51. The fourth-order valence-corrected chi connectivity index (χ4v) is 3.88. The van der Waals surface area contributed by atoms with Crippen molar-refractivity contribution in [3.63, 3.8) is 0 Å². The zero-order chi connectivity index (χ0) is 24.2. The molecular formula is C30H34N4. The van der Waals surface area contributed by atoms with Gasteiger partial charge in [0.25, 0.3) is 0 Å². The Hall–Kier alpha value is -3.38. The van der Waals surface area contributed by atoms with Gasteiger partial charge in [-0.05, 0) is 117 Å². The standard InChI is InChI=1S/C30H34N4/c31-12-8-27-17-25(18-28(21-27)9-13-32)6-4-23-2-1-3-24(16-23)5-7-26-19-29(10-14-33)22-30(20-26)11-15-34/h1-3,16-22H,8-15,31-34H2. The maximum absolute atomic E-state index is 5.75. The van der Waals surface area contributed by atoms with Gasteiger partial charge in [0, 0.05) is 22.3 Å². The lowest BCUT2D eigenvalue weighted by molar-refractivity contribution is 0.939. The van der Waals surface area contributed by atoms with Crippen LogP contribution in [0.4, 0.5) is 0 Å². The lowest BCUT2D eigenvalue weighted by Crippen LogP contribution is -2.06. The number of benzene rings is 3. The van der Waals surface area contributed by atoms with Crippen LogP contribution in [-0.4, -0.2) is 26.2 Å². The minimum Gasteiger partial charge on any atom is -0.330 e. The Bertz CT molecular complexity index is 1080. The van der Waals surface area contributed by atoms with Crippen molar-refractivity contribution in [1.29, 1.82) is 0 Å². The number of hydrogen-bond acceptors (Lipinski definition) is 4. The quantitative estimate of drug-likeness (QED) is 0.396. The second-order valence-corrected chi connectivity index (χ2v) is 8.31. The molecule has 0 atom stereocenters. The second-order valence-electron chi connectivity index (χ2n) is 8.31. The third-order valence-electron chi connectivity index (χ3n) is 5.40. The normalized spacial score (nSPS) is 10.2. The van der Waals surface area contributed by atoms with Crippen LogP contribution in [0.1, 0.15) is 44.5 Å². The van der Waals surface area contributed by atoms with E-state index in [1.54, 1.807) is 0 Å². The molecule has 0 bridgehead atoms. The fourth-order valence-electron chi connectivity index (χ4n) is 3.88. The summed E-state index contributed by atoms with van der Waals surface area (Å²) in [6.07, 6.45) is 3.32. The highest BCUT2D eigenvalue weighted by atomic mass is 14.5. The molecule has 8 N–H and O–H groups in total. The van der Waals surface area contributed by atoms with Crippen molar-refractivity contribution < 1.29 is 0 Å². The molecule has 4 nitrogen and oxygen atoms in total. The van der Waals surface area contributed by atoms with Crippen molar-refractivity contribution in [3.8, 4) is 23.7 Å². The molecule has 3 aromatic carbocycles. The van der Waals surface area contributed by atoms with E-state index in [9.17, 15) is 0 Å². The first-order valence-electron chi connectivity index (χ1n) is 11.8. The summed E-state index contributed by atoms with van der Waals surface area (Å²) < 4.78 is 0. The van der Waals surface area contributed by atoms with Gasteiger partial charge in [-0.2, -0.15) is 0 Å². The molecule has 34 heavy (non-hydrogen) atoms. The summed E-state index contributed by atoms with van der Waals surface area (Å²) >= 11 is 0. The zero-order valence-corrected chi connectivity index (χ0v) is 19.7. The number of nitrogens with two attached hydrogens (primary N) is 4. The fraction of sp³-hybridized carbons (Fsp3) is 0.267. The highest BCUT2D eigenvalue weighted by Crippen LogP contribution is 2.13. The van der Waals surface area contributed by atoms with Crippen LogP contribution in [0.3, 0.4) is 0 Å². The maximum Gasteiger partial charge on any atom is 0.0261 e. The molecule has 174 valence electrons. The zero-order valence-electron chi connectivity index (χ0n) is 19.7. The van der Waals surface area contributed by atoms with Gasteiger partial charge >= 0.3 is 0 Å². The van der Waals surface area contributed by atoms with Crippen molar-refractivity contribution in [2.45, 2.75) is 25.7 Å². The predicted octanol–water partition coefficient (Wildman–Crippen LogP) is 2.49. The van der Waals surface area contributed by atoms with Crippen molar-refractivity contribution >= 4 is 0 Å². The van der Waals surface area contributed by atoms with Crippen LogP contribution in [0.25, 0.3) is 0 Å². The molecule has 0 unspecified atom stereocenters. The van der Waals surface area contributed by atoms with Gasteiger partial charge < -0.3 is 22.9 Å². The maximum atomic E-state index is 5.75. The van der Waals surface area contributed by atoms with Gasteiger partial charge in [0.1, 0.15) is 0 Å². The molecular weight excluding hydrogens is 416 g/mol. The molecule has 0 heterocycles. The second kappa shape index (κ2) is 13.4. The van der Waals surface area contributed by atoms with Gasteiger partial charge in [0.2, 0.25) is 0 Å². The van der Waals surface area contributed by atoms with Gasteiger partial charge in [0.15, 0.2) is 0 Å². The molecule has 0 radical (unpaired) electrons. The third-order valence-corrected chi connectivity index (χ3v) is 5.40. The van der Waals surface area contributed by atoms with E-state index in [0.29, 0.717) is 26.2 Å².